The van der Waals surface area contributed by atoms with Crippen LogP contribution in [0.15, 0.2) is 24.3 Å². The molecule has 0 spiro atoms. The van der Waals surface area contributed by atoms with Crippen molar-refractivity contribution < 1.29 is 0 Å². The zero-order valence-electron chi connectivity index (χ0n) is 13.0. The lowest BCUT2D eigenvalue weighted by Crippen LogP contribution is -2.38. The minimum atomic E-state index is 0.552. The molecule has 19 heavy (non-hydrogen) atoms. The normalized spacial score (nSPS) is 12.9. The van der Waals surface area contributed by atoms with Crippen molar-refractivity contribution in [2.75, 3.05) is 19.6 Å². The molecule has 0 radical (unpaired) electrons. The maximum atomic E-state index is 3.58. The first-order valence-corrected chi connectivity index (χ1v) is 7.57. The van der Waals surface area contributed by atoms with Crippen LogP contribution in [0.4, 0.5) is 0 Å². The number of benzene rings is 1. The van der Waals surface area contributed by atoms with Crippen LogP contribution < -0.4 is 10.6 Å². The molecule has 0 fully saturated rings. The van der Waals surface area contributed by atoms with Crippen molar-refractivity contribution in [3.63, 3.8) is 0 Å². The number of aryl methyl sites for hydroxylation is 2. The summed E-state index contributed by atoms with van der Waals surface area (Å²) in [6.45, 7) is 12.2. The van der Waals surface area contributed by atoms with Crippen molar-refractivity contribution in [1.29, 1.82) is 0 Å². The van der Waals surface area contributed by atoms with Crippen LogP contribution in [0.1, 0.15) is 38.3 Å². The van der Waals surface area contributed by atoms with Gasteiger partial charge in [-0.25, -0.2) is 0 Å². The highest BCUT2D eigenvalue weighted by Crippen LogP contribution is 2.06. The van der Waals surface area contributed by atoms with Gasteiger partial charge in [-0.05, 0) is 51.3 Å². The van der Waals surface area contributed by atoms with E-state index in [2.05, 4.69) is 62.6 Å². The second kappa shape index (κ2) is 9.11. The summed E-state index contributed by atoms with van der Waals surface area (Å²) in [7, 11) is 0. The van der Waals surface area contributed by atoms with Gasteiger partial charge in [0.2, 0.25) is 0 Å². The molecule has 0 bridgehead atoms. The summed E-state index contributed by atoms with van der Waals surface area (Å²) < 4.78 is 0. The van der Waals surface area contributed by atoms with Crippen LogP contribution >= 0.6 is 0 Å². The third-order valence-corrected chi connectivity index (χ3v) is 3.22. The van der Waals surface area contributed by atoms with Crippen LogP contribution in [0.2, 0.25) is 0 Å². The summed E-state index contributed by atoms with van der Waals surface area (Å²) in [6.07, 6.45) is 2.37. The fraction of sp³-hybridized carbons (Fsp3) is 0.647. The van der Waals surface area contributed by atoms with Crippen molar-refractivity contribution in [2.45, 2.75) is 46.6 Å². The molecule has 0 aliphatic carbocycles. The van der Waals surface area contributed by atoms with Gasteiger partial charge in [0.15, 0.2) is 0 Å². The van der Waals surface area contributed by atoms with Crippen molar-refractivity contribution >= 4 is 0 Å². The molecule has 108 valence electrons. The average Bonchev–Trinajstić information content (AvgIpc) is 2.34. The summed E-state index contributed by atoms with van der Waals surface area (Å²) in [5, 5.41) is 7.07. The molecule has 1 rings (SSSR count). The summed E-state index contributed by atoms with van der Waals surface area (Å²) in [4.78, 5) is 0. The SMILES string of the molecule is Cc1cccc(CCCNC(C)CNCC(C)C)c1. The van der Waals surface area contributed by atoms with Crippen molar-refractivity contribution in [1.82, 2.24) is 10.6 Å². The van der Waals surface area contributed by atoms with Crippen LogP contribution in [-0.4, -0.2) is 25.7 Å². The first-order chi connectivity index (χ1) is 9.08. The van der Waals surface area contributed by atoms with Crippen LogP contribution in [0.5, 0.6) is 0 Å². The van der Waals surface area contributed by atoms with Crippen LogP contribution in [-0.2, 0) is 6.42 Å². The number of hydrogen-bond acceptors (Lipinski definition) is 2. The quantitative estimate of drug-likeness (QED) is 0.668. The topological polar surface area (TPSA) is 24.1 Å². The first-order valence-electron chi connectivity index (χ1n) is 7.57. The molecule has 2 heteroatoms. The van der Waals surface area contributed by atoms with Crippen LogP contribution in [0.25, 0.3) is 0 Å². The van der Waals surface area contributed by atoms with E-state index < -0.39 is 0 Å². The van der Waals surface area contributed by atoms with E-state index in [9.17, 15) is 0 Å². The largest absolute Gasteiger partial charge is 0.315 e. The van der Waals surface area contributed by atoms with E-state index in [4.69, 9.17) is 0 Å². The summed E-state index contributed by atoms with van der Waals surface area (Å²) in [5.74, 6) is 0.730. The Kier molecular flexibility index (Phi) is 7.76. The van der Waals surface area contributed by atoms with Gasteiger partial charge in [0, 0.05) is 12.6 Å². The second-order valence-electron chi connectivity index (χ2n) is 6.00. The molecule has 1 aromatic rings. The highest BCUT2D eigenvalue weighted by atomic mass is 15.0. The lowest BCUT2D eigenvalue weighted by Gasteiger charge is -2.15. The standard InChI is InChI=1S/C17H30N2/c1-14(2)12-18-13-16(4)19-10-6-9-17-8-5-7-15(3)11-17/h5,7-8,11,14,16,18-19H,6,9-10,12-13H2,1-4H3. The summed E-state index contributed by atoms with van der Waals surface area (Å²) >= 11 is 0. The molecule has 0 amide bonds. The molecule has 2 N–H and O–H groups in total. The van der Waals surface area contributed by atoms with E-state index >= 15 is 0 Å². The monoisotopic (exact) mass is 262 g/mol. The smallest absolute Gasteiger partial charge is 0.0164 e. The Bertz CT molecular complexity index is 347. The van der Waals surface area contributed by atoms with Gasteiger partial charge in [-0.1, -0.05) is 43.7 Å². The summed E-state index contributed by atoms with van der Waals surface area (Å²) in [6, 6.07) is 9.37. The highest BCUT2D eigenvalue weighted by Gasteiger charge is 2.01. The van der Waals surface area contributed by atoms with Gasteiger partial charge in [0.05, 0.1) is 0 Å². The maximum absolute atomic E-state index is 3.58. The Morgan fingerprint density at radius 3 is 2.58 bits per heavy atom. The molecule has 0 saturated heterocycles. The predicted octanol–water partition coefficient (Wildman–Crippen LogP) is 3.15. The molecule has 1 unspecified atom stereocenters. The zero-order valence-corrected chi connectivity index (χ0v) is 13.0. The van der Waals surface area contributed by atoms with Gasteiger partial charge in [0.25, 0.3) is 0 Å². The first kappa shape index (κ1) is 16.2. The molecule has 2 nitrogen and oxygen atoms in total. The minimum Gasteiger partial charge on any atom is -0.315 e. The van der Waals surface area contributed by atoms with Gasteiger partial charge in [-0.2, -0.15) is 0 Å². The number of nitrogens with one attached hydrogen (secondary N) is 2. The Morgan fingerprint density at radius 1 is 1.11 bits per heavy atom. The Morgan fingerprint density at radius 2 is 1.89 bits per heavy atom. The van der Waals surface area contributed by atoms with Crippen molar-refractivity contribution in [2.24, 2.45) is 5.92 Å². The molecular formula is C17H30N2. The summed E-state index contributed by atoms with van der Waals surface area (Å²) in [5.41, 5.74) is 2.81. The second-order valence-corrected chi connectivity index (χ2v) is 6.00. The molecule has 0 heterocycles. The van der Waals surface area contributed by atoms with E-state index in [1.807, 2.05) is 0 Å². The third-order valence-electron chi connectivity index (χ3n) is 3.22. The molecule has 0 saturated carbocycles. The molecule has 1 atom stereocenters. The number of rotatable bonds is 9. The van der Waals surface area contributed by atoms with Crippen molar-refractivity contribution in [3.05, 3.63) is 35.4 Å². The van der Waals surface area contributed by atoms with Crippen molar-refractivity contribution in [3.8, 4) is 0 Å². The third kappa shape index (κ3) is 8.02. The predicted molar refractivity (Wildman–Crippen MR) is 84.7 cm³/mol. The molecule has 0 aliphatic heterocycles. The van der Waals surface area contributed by atoms with Crippen LogP contribution in [0.3, 0.4) is 0 Å². The Balaban J connectivity index is 2.07. The zero-order chi connectivity index (χ0) is 14.1. The van der Waals surface area contributed by atoms with Gasteiger partial charge in [-0.15, -0.1) is 0 Å². The van der Waals surface area contributed by atoms with E-state index in [0.29, 0.717) is 6.04 Å². The lowest BCUT2D eigenvalue weighted by molar-refractivity contribution is 0.469. The number of hydrogen-bond donors (Lipinski definition) is 2. The van der Waals surface area contributed by atoms with E-state index in [1.54, 1.807) is 0 Å². The Hall–Kier alpha value is -0.860. The average molecular weight is 262 g/mol. The van der Waals surface area contributed by atoms with Crippen LogP contribution in [0, 0.1) is 12.8 Å². The van der Waals surface area contributed by atoms with Gasteiger partial charge in [-0.3, -0.25) is 0 Å². The van der Waals surface area contributed by atoms with E-state index in [-0.39, 0.29) is 0 Å². The molecular weight excluding hydrogens is 232 g/mol. The molecule has 1 aromatic carbocycles. The van der Waals surface area contributed by atoms with Gasteiger partial charge < -0.3 is 10.6 Å². The fourth-order valence-electron chi connectivity index (χ4n) is 2.17. The van der Waals surface area contributed by atoms with E-state index in [1.165, 1.54) is 24.0 Å². The molecule has 0 aliphatic rings. The minimum absolute atomic E-state index is 0.552. The fourth-order valence-corrected chi connectivity index (χ4v) is 2.17. The van der Waals surface area contributed by atoms with E-state index in [0.717, 1.165) is 25.6 Å². The lowest BCUT2D eigenvalue weighted by atomic mass is 10.1. The van der Waals surface area contributed by atoms with Gasteiger partial charge in [0.1, 0.15) is 0 Å². The molecule has 0 aromatic heterocycles. The Labute approximate surface area is 119 Å². The maximum Gasteiger partial charge on any atom is 0.0164 e. The van der Waals surface area contributed by atoms with Gasteiger partial charge >= 0.3 is 0 Å². The highest BCUT2D eigenvalue weighted by molar-refractivity contribution is 5.22.